The van der Waals surface area contributed by atoms with E-state index in [1.54, 1.807) is 0 Å². The largest absolute Gasteiger partial charge is 0.362 e. The minimum atomic E-state index is 0.0944. The number of aromatic nitrogens is 2. The highest BCUT2D eigenvalue weighted by Crippen LogP contribution is 2.43. The number of rotatable bonds is 2. The Morgan fingerprint density at radius 3 is 0.938 bits per heavy atom. The second kappa shape index (κ2) is 10.8. The number of hydrogen-bond donors (Lipinski definition) is 0. The number of benzene rings is 3. The molecule has 2 aliphatic heterocycles. The fourth-order valence-corrected chi connectivity index (χ4v) is 8.07. The summed E-state index contributed by atoms with van der Waals surface area (Å²) < 4.78 is 0. The number of nitrogens with zero attached hydrogens (tertiary/aromatic N) is 4. The van der Waals surface area contributed by atoms with E-state index in [2.05, 4.69) is 141 Å². The molecule has 0 bridgehead atoms. The van der Waals surface area contributed by atoms with Gasteiger partial charge >= 0.3 is 0 Å². The van der Waals surface area contributed by atoms with Gasteiger partial charge in [0.15, 0.2) is 0 Å². The summed E-state index contributed by atoms with van der Waals surface area (Å²) in [6.07, 6.45) is 3.95. The third kappa shape index (κ3) is 5.55. The first-order valence-electron chi connectivity index (χ1n) is 17.8. The fourth-order valence-electron chi connectivity index (χ4n) is 8.07. The maximum Gasteiger partial charge on any atom is 0.0986 e. The second-order valence-electron chi connectivity index (χ2n) is 18.6. The van der Waals surface area contributed by atoms with Crippen LogP contribution in [0.1, 0.15) is 128 Å². The van der Waals surface area contributed by atoms with E-state index in [9.17, 15) is 0 Å². The lowest BCUT2D eigenvalue weighted by molar-refractivity contribution is 0.529. The molecule has 2 aromatic heterocycles. The van der Waals surface area contributed by atoms with Crippen molar-refractivity contribution >= 4 is 33.2 Å². The van der Waals surface area contributed by atoms with Crippen molar-refractivity contribution in [3.8, 4) is 0 Å². The average Bonchev–Trinajstić information content (AvgIpc) is 3.61. The van der Waals surface area contributed by atoms with Crippen molar-refractivity contribution in [2.24, 2.45) is 0 Å². The van der Waals surface area contributed by atoms with Gasteiger partial charge in [-0.3, -0.25) is 9.97 Å². The van der Waals surface area contributed by atoms with Crippen LogP contribution in [0, 0.1) is 0 Å². The van der Waals surface area contributed by atoms with Crippen LogP contribution in [-0.2, 0) is 47.8 Å². The molecule has 48 heavy (non-hydrogen) atoms. The lowest BCUT2D eigenvalue weighted by Gasteiger charge is -2.31. The standard InChI is InChI=1S/C44H54N4/c1-41(2,3)33-19-27-23-47(24-28(27)20-34(33)42(4,5)6)37-15-17-45-39-31(37)13-14-32-38(16-18-46-40(32)39)48-25-29-21-35(43(7,8)9)36(44(10,11)12)22-30(29)26-48/h13-22H,23-26H2,1-12H3. The van der Waals surface area contributed by atoms with Gasteiger partial charge in [-0.1, -0.05) is 107 Å². The topological polar surface area (TPSA) is 32.3 Å². The molecule has 4 nitrogen and oxygen atoms in total. The number of hydrogen-bond acceptors (Lipinski definition) is 4. The van der Waals surface area contributed by atoms with Crippen LogP contribution in [0.5, 0.6) is 0 Å². The first-order valence-corrected chi connectivity index (χ1v) is 17.8. The quantitative estimate of drug-likeness (QED) is 0.180. The Balaban J connectivity index is 1.25. The molecule has 0 amide bonds. The Bertz CT molecular complexity index is 1840. The Kier molecular flexibility index (Phi) is 7.33. The maximum absolute atomic E-state index is 4.96. The minimum absolute atomic E-state index is 0.0944. The zero-order valence-corrected chi connectivity index (χ0v) is 31.4. The molecule has 250 valence electrons. The molecule has 2 aliphatic rings. The second-order valence-corrected chi connectivity index (χ2v) is 18.6. The van der Waals surface area contributed by atoms with Crippen molar-refractivity contribution in [3.05, 3.63) is 105 Å². The van der Waals surface area contributed by atoms with E-state index >= 15 is 0 Å². The summed E-state index contributed by atoms with van der Waals surface area (Å²) in [5.74, 6) is 0. The minimum Gasteiger partial charge on any atom is -0.362 e. The number of pyridine rings is 2. The molecule has 0 N–H and O–H groups in total. The Hall–Kier alpha value is -3.92. The van der Waals surface area contributed by atoms with E-state index < -0.39 is 0 Å². The molecule has 4 heteroatoms. The van der Waals surface area contributed by atoms with E-state index in [1.165, 1.54) is 66.7 Å². The lowest BCUT2D eigenvalue weighted by atomic mass is 9.74. The molecule has 0 saturated heterocycles. The van der Waals surface area contributed by atoms with Crippen LogP contribution in [-0.4, -0.2) is 9.97 Å². The van der Waals surface area contributed by atoms with Crippen LogP contribution in [0.3, 0.4) is 0 Å². The van der Waals surface area contributed by atoms with Gasteiger partial charge in [0.1, 0.15) is 0 Å². The SMILES string of the molecule is CC(C)(C)c1cc2c(cc1C(C)(C)C)CN(c1ccnc3c1ccc1c(N4Cc5cc(C(C)(C)C)c(C(C)(C)C)cc5C4)ccnc13)C2. The van der Waals surface area contributed by atoms with Gasteiger partial charge < -0.3 is 9.80 Å². The molecular weight excluding hydrogens is 585 g/mol. The van der Waals surface area contributed by atoms with Gasteiger partial charge in [-0.05, 0) is 90.4 Å². The van der Waals surface area contributed by atoms with Crippen molar-refractivity contribution in [1.82, 2.24) is 9.97 Å². The number of anilines is 2. The van der Waals surface area contributed by atoms with Crippen LogP contribution in [0.4, 0.5) is 11.4 Å². The molecule has 0 spiro atoms. The molecule has 0 atom stereocenters. The Labute approximate surface area is 288 Å². The van der Waals surface area contributed by atoms with E-state index in [4.69, 9.17) is 9.97 Å². The summed E-state index contributed by atoms with van der Waals surface area (Å²) in [4.78, 5) is 15.0. The highest BCUT2D eigenvalue weighted by atomic mass is 15.2. The summed E-state index contributed by atoms with van der Waals surface area (Å²) in [7, 11) is 0. The zero-order chi connectivity index (χ0) is 34.6. The number of fused-ring (bicyclic) bond motifs is 5. The molecule has 7 rings (SSSR count). The van der Waals surface area contributed by atoms with E-state index in [0.717, 1.165) is 37.2 Å². The van der Waals surface area contributed by atoms with E-state index in [0.29, 0.717) is 0 Å². The maximum atomic E-state index is 4.96. The summed E-state index contributed by atoms with van der Waals surface area (Å²) in [6.45, 7) is 31.7. The molecular formula is C44H54N4. The monoisotopic (exact) mass is 638 g/mol. The summed E-state index contributed by atoms with van der Waals surface area (Å²) in [6, 6.07) is 18.9. The molecule has 3 aromatic carbocycles. The van der Waals surface area contributed by atoms with Crippen molar-refractivity contribution in [1.29, 1.82) is 0 Å². The molecule has 0 saturated carbocycles. The normalized spacial score (nSPS) is 15.5. The van der Waals surface area contributed by atoms with Gasteiger partial charge in [0.25, 0.3) is 0 Å². The predicted molar refractivity (Wildman–Crippen MR) is 205 cm³/mol. The van der Waals surface area contributed by atoms with E-state index in [1.807, 2.05) is 12.4 Å². The third-order valence-electron chi connectivity index (χ3n) is 10.6. The zero-order valence-electron chi connectivity index (χ0n) is 31.4. The molecule has 0 radical (unpaired) electrons. The highest BCUT2D eigenvalue weighted by Gasteiger charge is 2.32. The van der Waals surface area contributed by atoms with Gasteiger partial charge in [0.05, 0.1) is 11.0 Å². The van der Waals surface area contributed by atoms with E-state index in [-0.39, 0.29) is 21.7 Å². The van der Waals surface area contributed by atoms with Gasteiger partial charge in [0, 0.05) is 60.7 Å². The van der Waals surface area contributed by atoms with Gasteiger partial charge in [0.2, 0.25) is 0 Å². The van der Waals surface area contributed by atoms with Gasteiger partial charge in [-0.2, -0.15) is 0 Å². The summed E-state index contributed by atoms with van der Waals surface area (Å²) >= 11 is 0. The van der Waals surface area contributed by atoms with Crippen LogP contribution in [0.25, 0.3) is 21.8 Å². The van der Waals surface area contributed by atoms with Crippen molar-refractivity contribution < 1.29 is 0 Å². The molecule has 5 aromatic rings. The van der Waals surface area contributed by atoms with Crippen molar-refractivity contribution in [2.45, 2.75) is 131 Å². The van der Waals surface area contributed by atoms with Crippen LogP contribution >= 0.6 is 0 Å². The van der Waals surface area contributed by atoms with Crippen molar-refractivity contribution in [2.75, 3.05) is 9.80 Å². The lowest BCUT2D eigenvalue weighted by Crippen LogP contribution is -2.22. The van der Waals surface area contributed by atoms with Gasteiger partial charge in [-0.25, -0.2) is 0 Å². The first-order chi connectivity index (χ1) is 22.3. The van der Waals surface area contributed by atoms with Crippen molar-refractivity contribution in [3.63, 3.8) is 0 Å². The molecule has 0 aliphatic carbocycles. The molecule has 0 fully saturated rings. The molecule has 0 unspecified atom stereocenters. The van der Waals surface area contributed by atoms with Crippen LogP contribution < -0.4 is 9.80 Å². The van der Waals surface area contributed by atoms with Gasteiger partial charge in [-0.15, -0.1) is 0 Å². The molecule has 4 heterocycles. The third-order valence-corrected chi connectivity index (χ3v) is 10.6. The van der Waals surface area contributed by atoms with Crippen LogP contribution in [0.2, 0.25) is 0 Å². The summed E-state index contributed by atoms with van der Waals surface area (Å²) in [5, 5.41) is 2.34. The Morgan fingerprint density at radius 2 is 0.688 bits per heavy atom. The average molecular weight is 639 g/mol. The summed E-state index contributed by atoms with van der Waals surface area (Å²) in [5.41, 5.74) is 16.4. The first kappa shape index (κ1) is 32.6. The fraction of sp³-hybridized carbons (Fsp3) is 0.455. The van der Waals surface area contributed by atoms with Crippen LogP contribution in [0.15, 0.2) is 60.9 Å². The predicted octanol–water partition coefficient (Wildman–Crippen LogP) is 11.0. The Morgan fingerprint density at radius 1 is 0.417 bits per heavy atom. The highest BCUT2D eigenvalue weighted by molar-refractivity contribution is 6.10. The smallest absolute Gasteiger partial charge is 0.0986 e.